The van der Waals surface area contributed by atoms with Crippen LogP contribution < -0.4 is 5.56 Å². The number of hydrogen-bond donors (Lipinski definition) is 3. The van der Waals surface area contributed by atoms with E-state index in [2.05, 4.69) is 15.0 Å². The lowest BCUT2D eigenvalue weighted by Crippen LogP contribution is -2.16. The maximum atomic E-state index is 11.4. The Balaban J connectivity index is 2.30. The van der Waals surface area contributed by atoms with Crippen LogP contribution in [0.15, 0.2) is 17.4 Å². The van der Waals surface area contributed by atoms with Gasteiger partial charge in [-0.25, -0.2) is 9.97 Å². The van der Waals surface area contributed by atoms with Crippen molar-refractivity contribution < 1.29 is 10.2 Å². The van der Waals surface area contributed by atoms with Gasteiger partial charge >= 0.3 is 0 Å². The molecule has 0 spiro atoms. The van der Waals surface area contributed by atoms with Gasteiger partial charge < -0.3 is 19.8 Å². The number of fused-ring (bicyclic) bond motifs is 1. The van der Waals surface area contributed by atoms with Crippen molar-refractivity contribution in [1.82, 2.24) is 19.5 Å². The summed E-state index contributed by atoms with van der Waals surface area (Å²) >= 11 is 0. The fourth-order valence-corrected chi connectivity index (χ4v) is 1.73. The SMILES string of the molecule is O=c1[nH]cnc2c1ncn2CC(CO)CCO. The first-order valence-electron chi connectivity index (χ1n) is 5.36. The van der Waals surface area contributed by atoms with Crippen molar-refractivity contribution in [1.29, 1.82) is 0 Å². The number of nitrogens with one attached hydrogen (secondary N) is 1. The van der Waals surface area contributed by atoms with Crippen LogP contribution in [0.4, 0.5) is 0 Å². The van der Waals surface area contributed by atoms with Crippen molar-refractivity contribution in [2.45, 2.75) is 13.0 Å². The number of aromatic amines is 1. The Hall–Kier alpha value is -1.73. The first-order chi connectivity index (χ1) is 8.26. The van der Waals surface area contributed by atoms with Crippen molar-refractivity contribution in [2.75, 3.05) is 13.2 Å². The number of nitrogens with zero attached hydrogens (tertiary/aromatic N) is 3. The number of aromatic nitrogens is 4. The second kappa shape index (κ2) is 5.07. The molecular weight excluding hydrogens is 224 g/mol. The molecule has 0 fully saturated rings. The van der Waals surface area contributed by atoms with E-state index in [9.17, 15) is 4.79 Å². The Morgan fingerprint density at radius 3 is 2.94 bits per heavy atom. The number of aliphatic hydroxyl groups excluding tert-OH is 2. The molecule has 0 saturated heterocycles. The van der Waals surface area contributed by atoms with Crippen LogP contribution in [0.25, 0.3) is 11.2 Å². The average molecular weight is 238 g/mol. The third-order valence-corrected chi connectivity index (χ3v) is 2.66. The number of aliphatic hydroxyl groups is 2. The molecular formula is C10H14N4O3. The van der Waals surface area contributed by atoms with E-state index in [1.807, 2.05) is 0 Å². The summed E-state index contributed by atoms with van der Waals surface area (Å²) in [5, 5.41) is 18.0. The number of hydrogen-bond acceptors (Lipinski definition) is 5. The highest BCUT2D eigenvalue weighted by atomic mass is 16.3. The molecule has 0 radical (unpaired) electrons. The fourth-order valence-electron chi connectivity index (χ4n) is 1.73. The molecule has 0 aromatic carbocycles. The average Bonchev–Trinajstić information content (AvgIpc) is 2.73. The number of imidazole rings is 1. The van der Waals surface area contributed by atoms with Gasteiger partial charge in [0.15, 0.2) is 11.2 Å². The summed E-state index contributed by atoms with van der Waals surface area (Å²) in [5.74, 6) is -0.0708. The first kappa shape index (κ1) is 11.7. The Morgan fingerprint density at radius 1 is 1.41 bits per heavy atom. The maximum absolute atomic E-state index is 11.4. The van der Waals surface area contributed by atoms with Crippen molar-refractivity contribution >= 4 is 11.2 Å². The minimum Gasteiger partial charge on any atom is -0.396 e. The standard InChI is InChI=1S/C10H14N4O3/c15-2-1-7(4-16)3-14-6-13-8-9(14)11-5-12-10(8)17/h5-7,15-16H,1-4H2,(H,11,12,17). The topological polar surface area (TPSA) is 104 Å². The van der Waals surface area contributed by atoms with E-state index < -0.39 is 0 Å². The molecule has 0 bridgehead atoms. The summed E-state index contributed by atoms with van der Waals surface area (Å²) in [5.41, 5.74) is 0.495. The van der Waals surface area contributed by atoms with Gasteiger partial charge in [-0.1, -0.05) is 0 Å². The zero-order chi connectivity index (χ0) is 12.3. The van der Waals surface area contributed by atoms with Gasteiger partial charge in [0.25, 0.3) is 5.56 Å². The van der Waals surface area contributed by atoms with Crippen molar-refractivity contribution in [3.05, 3.63) is 23.0 Å². The predicted molar refractivity (Wildman–Crippen MR) is 60.4 cm³/mol. The monoisotopic (exact) mass is 238 g/mol. The summed E-state index contributed by atoms with van der Waals surface area (Å²) in [6, 6.07) is 0. The Labute approximate surface area is 96.8 Å². The molecule has 1 unspecified atom stereocenters. The number of rotatable bonds is 5. The van der Waals surface area contributed by atoms with E-state index in [-0.39, 0.29) is 30.2 Å². The smallest absolute Gasteiger partial charge is 0.278 e. The molecule has 92 valence electrons. The van der Waals surface area contributed by atoms with E-state index >= 15 is 0 Å². The van der Waals surface area contributed by atoms with Gasteiger partial charge in [0.1, 0.15) is 0 Å². The summed E-state index contributed by atoms with van der Waals surface area (Å²) in [6.45, 7) is 0.472. The number of H-pyrrole nitrogens is 1. The molecule has 7 nitrogen and oxygen atoms in total. The highest BCUT2D eigenvalue weighted by Crippen LogP contribution is 2.10. The van der Waals surface area contributed by atoms with E-state index in [0.717, 1.165) is 0 Å². The van der Waals surface area contributed by atoms with Crippen LogP contribution in [-0.2, 0) is 6.54 Å². The van der Waals surface area contributed by atoms with Crippen LogP contribution in [0.1, 0.15) is 6.42 Å². The van der Waals surface area contributed by atoms with Crippen LogP contribution in [0.5, 0.6) is 0 Å². The van der Waals surface area contributed by atoms with Gasteiger partial charge in [0.05, 0.1) is 12.7 Å². The molecule has 3 N–H and O–H groups in total. The molecule has 17 heavy (non-hydrogen) atoms. The van der Waals surface area contributed by atoms with E-state index in [4.69, 9.17) is 10.2 Å². The third-order valence-electron chi connectivity index (χ3n) is 2.66. The molecule has 1 atom stereocenters. The molecule has 0 aliphatic heterocycles. The molecule has 2 heterocycles. The van der Waals surface area contributed by atoms with Crippen molar-refractivity contribution in [2.24, 2.45) is 5.92 Å². The van der Waals surface area contributed by atoms with Crippen molar-refractivity contribution in [3.63, 3.8) is 0 Å². The van der Waals surface area contributed by atoms with Crippen LogP contribution >= 0.6 is 0 Å². The maximum Gasteiger partial charge on any atom is 0.278 e. The largest absolute Gasteiger partial charge is 0.396 e. The molecule has 2 aromatic heterocycles. The molecule has 0 amide bonds. The molecule has 2 aromatic rings. The van der Waals surface area contributed by atoms with E-state index in [0.29, 0.717) is 18.6 Å². The Kier molecular flexibility index (Phi) is 3.50. The molecule has 0 aliphatic carbocycles. The van der Waals surface area contributed by atoms with Crippen molar-refractivity contribution in [3.8, 4) is 0 Å². The van der Waals surface area contributed by atoms with E-state index in [1.165, 1.54) is 12.7 Å². The molecule has 0 saturated carbocycles. The van der Waals surface area contributed by atoms with Crippen LogP contribution in [0.2, 0.25) is 0 Å². The first-order valence-corrected chi connectivity index (χ1v) is 5.36. The van der Waals surface area contributed by atoms with Gasteiger partial charge in [-0.3, -0.25) is 4.79 Å². The zero-order valence-corrected chi connectivity index (χ0v) is 9.20. The van der Waals surface area contributed by atoms with Crippen LogP contribution in [0, 0.1) is 5.92 Å². The fraction of sp³-hybridized carbons (Fsp3) is 0.500. The molecule has 2 rings (SSSR count). The highest BCUT2D eigenvalue weighted by molar-refractivity contribution is 5.68. The van der Waals surface area contributed by atoms with Gasteiger partial charge in [-0.2, -0.15) is 0 Å². The predicted octanol–water partition coefficient (Wildman–Crippen LogP) is -0.890. The Bertz CT molecular complexity index is 548. The lowest BCUT2D eigenvalue weighted by atomic mass is 10.1. The second-order valence-electron chi connectivity index (χ2n) is 3.86. The van der Waals surface area contributed by atoms with Gasteiger partial charge in [0.2, 0.25) is 0 Å². The minimum atomic E-state index is -0.281. The summed E-state index contributed by atoms with van der Waals surface area (Å²) < 4.78 is 1.71. The summed E-state index contributed by atoms with van der Waals surface area (Å²) in [6.07, 6.45) is 3.34. The zero-order valence-electron chi connectivity index (χ0n) is 9.20. The third kappa shape index (κ3) is 2.34. The summed E-state index contributed by atoms with van der Waals surface area (Å²) in [7, 11) is 0. The highest BCUT2D eigenvalue weighted by Gasteiger charge is 2.12. The van der Waals surface area contributed by atoms with Crippen LogP contribution in [0.3, 0.4) is 0 Å². The van der Waals surface area contributed by atoms with E-state index in [1.54, 1.807) is 4.57 Å². The molecule has 7 heteroatoms. The quantitative estimate of drug-likeness (QED) is 0.627. The molecule has 0 aliphatic rings. The van der Waals surface area contributed by atoms with Gasteiger partial charge in [0, 0.05) is 25.7 Å². The van der Waals surface area contributed by atoms with Gasteiger partial charge in [-0.15, -0.1) is 0 Å². The lowest BCUT2D eigenvalue weighted by molar-refractivity contribution is 0.171. The van der Waals surface area contributed by atoms with Gasteiger partial charge in [-0.05, 0) is 6.42 Å². The lowest BCUT2D eigenvalue weighted by Gasteiger charge is -2.13. The summed E-state index contributed by atoms with van der Waals surface area (Å²) in [4.78, 5) is 21.9. The van der Waals surface area contributed by atoms with Crippen LogP contribution in [-0.4, -0.2) is 42.9 Å². The minimum absolute atomic E-state index is 0.0197. The Morgan fingerprint density at radius 2 is 2.24 bits per heavy atom. The second-order valence-corrected chi connectivity index (χ2v) is 3.86. The normalized spacial score (nSPS) is 13.1.